The first-order valence-electron chi connectivity index (χ1n) is 3.98. The van der Waals surface area contributed by atoms with E-state index in [4.69, 9.17) is 4.74 Å². The zero-order valence-electron chi connectivity index (χ0n) is 6.09. The molecule has 1 spiro atoms. The number of hydrogen-bond acceptors (Lipinski definition) is 2. The Morgan fingerprint density at radius 2 is 2.64 bits per heavy atom. The molecule has 3 nitrogen and oxygen atoms in total. The fourth-order valence-corrected chi connectivity index (χ4v) is 2.26. The van der Waals surface area contributed by atoms with Crippen LogP contribution in [0.25, 0.3) is 0 Å². The van der Waals surface area contributed by atoms with Gasteiger partial charge in [0.1, 0.15) is 5.60 Å². The maximum Gasteiger partial charge on any atom is 0.250 e. The largest absolute Gasteiger partial charge is 0.361 e. The van der Waals surface area contributed by atoms with Gasteiger partial charge in [-0.25, -0.2) is 0 Å². The van der Waals surface area contributed by atoms with Crippen molar-refractivity contribution in [3.63, 3.8) is 0 Å². The van der Waals surface area contributed by atoms with Gasteiger partial charge in [0.2, 0.25) is 5.91 Å². The van der Waals surface area contributed by atoms with E-state index in [0.717, 1.165) is 18.4 Å². The van der Waals surface area contributed by atoms with Crippen LogP contribution < -0.4 is 5.32 Å². The molecule has 2 fully saturated rings. The number of nitrogens with one attached hydrogen (secondary N) is 1. The van der Waals surface area contributed by atoms with Gasteiger partial charge in [0.15, 0.2) is 0 Å². The molecule has 11 heavy (non-hydrogen) atoms. The fourth-order valence-electron chi connectivity index (χ4n) is 2.26. The zero-order valence-corrected chi connectivity index (χ0v) is 6.09. The molecule has 2 bridgehead atoms. The van der Waals surface area contributed by atoms with E-state index in [2.05, 4.69) is 5.32 Å². The molecule has 3 heterocycles. The van der Waals surface area contributed by atoms with Crippen molar-refractivity contribution in [1.29, 1.82) is 0 Å². The summed E-state index contributed by atoms with van der Waals surface area (Å²) in [5.41, 5.74) is 0.677. The van der Waals surface area contributed by atoms with Crippen LogP contribution in [-0.4, -0.2) is 24.2 Å². The van der Waals surface area contributed by atoms with E-state index in [1.165, 1.54) is 0 Å². The van der Waals surface area contributed by atoms with Gasteiger partial charge in [-0.05, 0) is 18.9 Å². The summed E-state index contributed by atoms with van der Waals surface area (Å²) in [4.78, 5) is 11.2. The fraction of sp³-hybridized carbons (Fsp3) is 0.625. The summed E-state index contributed by atoms with van der Waals surface area (Å²) < 4.78 is 5.68. The molecular formula is C8H9NO2. The Hall–Kier alpha value is -0.830. The van der Waals surface area contributed by atoms with Crippen LogP contribution in [0.4, 0.5) is 0 Å². The molecule has 2 unspecified atom stereocenters. The first kappa shape index (κ1) is 5.77. The first-order valence-corrected chi connectivity index (χ1v) is 3.98. The topological polar surface area (TPSA) is 38.3 Å². The minimum absolute atomic E-state index is 0.0761. The molecule has 3 heteroatoms. The third-order valence-electron chi connectivity index (χ3n) is 2.83. The van der Waals surface area contributed by atoms with Crippen molar-refractivity contribution in [3.8, 4) is 0 Å². The number of carbonyl (C=O) groups is 1. The summed E-state index contributed by atoms with van der Waals surface area (Å²) in [6.45, 7) is 0.689. The molecule has 3 aliphatic rings. The molecule has 1 N–H and O–H groups in total. The van der Waals surface area contributed by atoms with Crippen LogP contribution in [0.2, 0.25) is 0 Å². The van der Waals surface area contributed by atoms with Crippen molar-refractivity contribution in [2.45, 2.75) is 24.5 Å². The number of fused-ring (bicyclic) bond motifs is 1. The predicted molar refractivity (Wildman–Crippen MR) is 37.9 cm³/mol. The average molecular weight is 151 g/mol. The summed E-state index contributed by atoms with van der Waals surface area (Å²) in [7, 11) is 0. The van der Waals surface area contributed by atoms with Gasteiger partial charge in [0, 0.05) is 5.57 Å². The van der Waals surface area contributed by atoms with E-state index < -0.39 is 0 Å². The standard InChI is InChI=1S/C8H9NO2/c10-7-6-3-5-1-2-8(6,11-5)4-9-7/h3,5H,1-2,4H2,(H,9,10). The molecule has 3 aliphatic heterocycles. The second kappa shape index (κ2) is 1.50. The molecule has 3 rings (SSSR count). The number of ether oxygens (including phenoxy) is 1. The van der Waals surface area contributed by atoms with Crippen LogP contribution in [0.5, 0.6) is 0 Å². The summed E-state index contributed by atoms with van der Waals surface area (Å²) in [6.07, 6.45) is 4.31. The molecule has 0 aliphatic carbocycles. The molecule has 2 saturated heterocycles. The number of rotatable bonds is 0. The van der Waals surface area contributed by atoms with Gasteiger partial charge >= 0.3 is 0 Å². The Labute approximate surface area is 64.4 Å². The van der Waals surface area contributed by atoms with E-state index in [0.29, 0.717) is 6.54 Å². The maximum atomic E-state index is 11.2. The molecule has 0 aromatic rings. The zero-order chi connectivity index (χ0) is 7.47. The minimum Gasteiger partial charge on any atom is -0.361 e. The van der Waals surface area contributed by atoms with E-state index in [-0.39, 0.29) is 17.6 Å². The van der Waals surface area contributed by atoms with Gasteiger partial charge < -0.3 is 10.1 Å². The highest BCUT2D eigenvalue weighted by Crippen LogP contribution is 2.45. The lowest BCUT2D eigenvalue weighted by Crippen LogP contribution is -2.29. The summed E-state index contributed by atoms with van der Waals surface area (Å²) >= 11 is 0. The van der Waals surface area contributed by atoms with Crippen LogP contribution in [0.3, 0.4) is 0 Å². The number of hydrogen-bond donors (Lipinski definition) is 1. The van der Waals surface area contributed by atoms with Crippen LogP contribution >= 0.6 is 0 Å². The lowest BCUT2D eigenvalue weighted by molar-refractivity contribution is -0.116. The van der Waals surface area contributed by atoms with Crippen molar-refractivity contribution in [2.75, 3.05) is 6.54 Å². The Morgan fingerprint density at radius 1 is 1.73 bits per heavy atom. The van der Waals surface area contributed by atoms with Gasteiger partial charge in [-0.1, -0.05) is 0 Å². The van der Waals surface area contributed by atoms with Crippen molar-refractivity contribution in [1.82, 2.24) is 5.32 Å². The van der Waals surface area contributed by atoms with E-state index >= 15 is 0 Å². The Kier molecular flexibility index (Phi) is 0.790. The molecule has 0 radical (unpaired) electrons. The van der Waals surface area contributed by atoms with Crippen LogP contribution in [0, 0.1) is 0 Å². The van der Waals surface area contributed by atoms with Crippen LogP contribution in [0.15, 0.2) is 11.6 Å². The summed E-state index contributed by atoms with van der Waals surface area (Å²) in [5, 5.41) is 2.81. The van der Waals surface area contributed by atoms with Crippen LogP contribution in [-0.2, 0) is 9.53 Å². The third kappa shape index (κ3) is 0.518. The van der Waals surface area contributed by atoms with Gasteiger partial charge in [-0.2, -0.15) is 0 Å². The van der Waals surface area contributed by atoms with Gasteiger partial charge in [0.05, 0.1) is 12.6 Å². The minimum atomic E-state index is -0.207. The summed E-state index contributed by atoms with van der Waals surface area (Å²) in [6, 6.07) is 0. The quantitative estimate of drug-likeness (QED) is 0.528. The number of carbonyl (C=O) groups excluding carboxylic acids is 1. The predicted octanol–water partition coefficient (Wildman–Crippen LogP) is -0.0260. The Balaban J connectivity index is 2.15. The highest BCUT2D eigenvalue weighted by Gasteiger charge is 2.54. The molecular weight excluding hydrogens is 142 g/mol. The molecule has 58 valence electrons. The third-order valence-corrected chi connectivity index (χ3v) is 2.83. The highest BCUT2D eigenvalue weighted by atomic mass is 16.5. The summed E-state index contributed by atoms with van der Waals surface area (Å²) in [5.74, 6) is 0.0761. The van der Waals surface area contributed by atoms with E-state index in [1.54, 1.807) is 0 Å². The van der Waals surface area contributed by atoms with Crippen molar-refractivity contribution >= 4 is 5.91 Å². The average Bonchev–Trinajstić information content (AvgIpc) is 2.62. The lowest BCUT2D eigenvalue weighted by atomic mass is 9.89. The van der Waals surface area contributed by atoms with E-state index in [9.17, 15) is 4.79 Å². The SMILES string of the molecule is O=C1NCC23CCC(C=C12)O3. The van der Waals surface area contributed by atoms with Gasteiger partial charge in [-0.15, -0.1) is 0 Å². The Bertz CT molecular complexity index is 271. The molecule has 0 aromatic heterocycles. The first-order chi connectivity index (χ1) is 5.30. The highest BCUT2D eigenvalue weighted by molar-refractivity contribution is 5.99. The second-order valence-corrected chi connectivity index (χ2v) is 3.45. The van der Waals surface area contributed by atoms with Gasteiger partial charge in [-0.3, -0.25) is 4.79 Å². The molecule has 0 aromatic carbocycles. The normalized spacial score (nSPS) is 45.6. The second-order valence-electron chi connectivity index (χ2n) is 3.45. The van der Waals surface area contributed by atoms with Crippen molar-refractivity contribution in [2.24, 2.45) is 0 Å². The van der Waals surface area contributed by atoms with Crippen molar-refractivity contribution in [3.05, 3.63) is 11.6 Å². The number of amides is 1. The Morgan fingerprint density at radius 3 is 3.36 bits per heavy atom. The molecule has 2 atom stereocenters. The monoisotopic (exact) mass is 151 g/mol. The van der Waals surface area contributed by atoms with Crippen LogP contribution in [0.1, 0.15) is 12.8 Å². The van der Waals surface area contributed by atoms with Gasteiger partial charge in [0.25, 0.3) is 0 Å². The molecule has 0 saturated carbocycles. The van der Waals surface area contributed by atoms with Crippen molar-refractivity contribution < 1.29 is 9.53 Å². The maximum absolute atomic E-state index is 11.2. The lowest BCUT2D eigenvalue weighted by Gasteiger charge is -2.17. The van der Waals surface area contributed by atoms with E-state index in [1.807, 2.05) is 6.08 Å². The molecule has 1 amide bonds. The smallest absolute Gasteiger partial charge is 0.250 e.